The molecule has 0 bridgehead atoms. The van der Waals surface area contributed by atoms with E-state index in [1.54, 1.807) is 0 Å². The van der Waals surface area contributed by atoms with Crippen molar-refractivity contribution in [3.63, 3.8) is 0 Å². The molecule has 1 atom stereocenters. The van der Waals surface area contributed by atoms with Gasteiger partial charge in [0.05, 0.1) is 6.10 Å². The average molecular weight is 373 g/mol. The smallest absolute Gasteiger partial charge is 0.227 e. The Bertz CT molecular complexity index is 773. The number of rotatable bonds is 5. The number of aliphatic hydroxyl groups is 2. The maximum Gasteiger partial charge on any atom is 0.227 e. The van der Waals surface area contributed by atoms with Gasteiger partial charge < -0.3 is 24.6 Å². The Hall–Kier alpha value is -2.26. The van der Waals surface area contributed by atoms with Crippen LogP contribution in [-0.4, -0.2) is 67.2 Å². The first kappa shape index (κ1) is 18.1. The molecular weight excluding hydrogens is 346 g/mol. The Kier molecular flexibility index (Phi) is 5.22. The van der Waals surface area contributed by atoms with Gasteiger partial charge in [-0.1, -0.05) is 0 Å². The van der Waals surface area contributed by atoms with Crippen LogP contribution in [0.5, 0.6) is 0 Å². The molecule has 0 aromatic carbocycles. The molecule has 9 nitrogen and oxygen atoms in total. The van der Waals surface area contributed by atoms with Crippen LogP contribution in [0.1, 0.15) is 30.9 Å². The Labute approximate surface area is 158 Å². The lowest BCUT2D eigenvalue weighted by Gasteiger charge is -2.32. The normalized spacial score (nSPS) is 21.2. The fourth-order valence-corrected chi connectivity index (χ4v) is 3.93. The van der Waals surface area contributed by atoms with Crippen LogP contribution in [0.15, 0.2) is 12.3 Å². The molecule has 2 aromatic rings. The second-order valence-electron chi connectivity index (χ2n) is 7.49. The Morgan fingerprint density at radius 3 is 2.48 bits per heavy atom. The van der Waals surface area contributed by atoms with E-state index in [-0.39, 0.29) is 12.7 Å². The summed E-state index contributed by atoms with van der Waals surface area (Å²) in [6, 6.07) is 1.92. The summed E-state index contributed by atoms with van der Waals surface area (Å²) >= 11 is 0. The predicted molar refractivity (Wildman–Crippen MR) is 100 cm³/mol. The highest BCUT2D eigenvalue weighted by molar-refractivity contribution is 5.45. The van der Waals surface area contributed by atoms with Gasteiger partial charge in [0.2, 0.25) is 5.95 Å². The van der Waals surface area contributed by atoms with Gasteiger partial charge in [-0.15, -0.1) is 10.2 Å². The Balaban J connectivity index is 1.36. The molecule has 2 saturated heterocycles. The van der Waals surface area contributed by atoms with E-state index in [0.29, 0.717) is 18.3 Å². The molecule has 0 aliphatic carbocycles. The van der Waals surface area contributed by atoms with E-state index in [9.17, 15) is 10.2 Å². The highest BCUT2D eigenvalue weighted by atomic mass is 16.3. The van der Waals surface area contributed by atoms with Gasteiger partial charge in [-0.05, 0) is 31.2 Å². The number of piperidine rings is 1. The van der Waals surface area contributed by atoms with Gasteiger partial charge >= 0.3 is 0 Å². The first-order valence-corrected chi connectivity index (χ1v) is 9.63. The molecular formula is C18H27N7O2. The van der Waals surface area contributed by atoms with Crippen LogP contribution >= 0.6 is 0 Å². The van der Waals surface area contributed by atoms with Gasteiger partial charge in [-0.25, -0.2) is 4.98 Å². The van der Waals surface area contributed by atoms with E-state index in [1.807, 2.05) is 23.9 Å². The zero-order valence-electron chi connectivity index (χ0n) is 15.7. The maximum absolute atomic E-state index is 9.75. The predicted octanol–water partition coefficient (Wildman–Crippen LogP) is 0.127. The van der Waals surface area contributed by atoms with Crippen LogP contribution < -0.4 is 9.80 Å². The van der Waals surface area contributed by atoms with Crippen LogP contribution in [-0.2, 0) is 20.1 Å². The second kappa shape index (κ2) is 7.77. The zero-order valence-corrected chi connectivity index (χ0v) is 15.7. The third-order valence-electron chi connectivity index (χ3n) is 5.68. The van der Waals surface area contributed by atoms with E-state index >= 15 is 0 Å². The number of hydrogen-bond acceptors (Lipinski definition) is 8. The molecule has 4 heterocycles. The molecule has 2 aliphatic rings. The average Bonchev–Trinajstić information content (AvgIpc) is 3.28. The minimum Gasteiger partial charge on any atom is -0.391 e. The molecule has 0 radical (unpaired) electrons. The summed E-state index contributed by atoms with van der Waals surface area (Å²) in [6.07, 6.45) is 5.33. The summed E-state index contributed by atoms with van der Waals surface area (Å²) in [5.74, 6) is 3.76. The van der Waals surface area contributed by atoms with Crippen LogP contribution in [0, 0.1) is 5.92 Å². The van der Waals surface area contributed by atoms with Gasteiger partial charge in [-0.2, -0.15) is 4.98 Å². The van der Waals surface area contributed by atoms with Gasteiger partial charge in [0, 0.05) is 45.8 Å². The highest BCUT2D eigenvalue weighted by Gasteiger charge is 2.25. The molecule has 0 unspecified atom stereocenters. The van der Waals surface area contributed by atoms with E-state index in [2.05, 4.69) is 25.0 Å². The van der Waals surface area contributed by atoms with E-state index in [4.69, 9.17) is 4.98 Å². The van der Waals surface area contributed by atoms with E-state index < -0.39 is 0 Å². The van der Waals surface area contributed by atoms with E-state index in [0.717, 1.165) is 62.9 Å². The van der Waals surface area contributed by atoms with Crippen molar-refractivity contribution in [3.05, 3.63) is 23.9 Å². The topological polar surface area (TPSA) is 103 Å². The fourth-order valence-electron chi connectivity index (χ4n) is 3.93. The van der Waals surface area contributed by atoms with Crippen molar-refractivity contribution in [1.29, 1.82) is 0 Å². The summed E-state index contributed by atoms with van der Waals surface area (Å²) in [5.41, 5.74) is 0. The first-order valence-electron chi connectivity index (χ1n) is 9.63. The standard InChI is InChI=1S/C18H27N7O2/c1-23-16(21-22-17(23)12-26)10-13-3-7-24(8-4-13)18-19-6-2-15(20-18)25-9-5-14(27)11-25/h2,6,13-14,26-27H,3-5,7-12H2,1H3/t14-/m0/s1. The quantitative estimate of drug-likeness (QED) is 0.762. The van der Waals surface area contributed by atoms with Crippen molar-refractivity contribution in [3.8, 4) is 0 Å². The maximum atomic E-state index is 9.75. The second-order valence-corrected chi connectivity index (χ2v) is 7.49. The highest BCUT2D eigenvalue weighted by Crippen LogP contribution is 2.25. The molecule has 2 N–H and O–H groups in total. The summed E-state index contributed by atoms with van der Waals surface area (Å²) < 4.78 is 1.89. The van der Waals surface area contributed by atoms with Crippen LogP contribution in [0.4, 0.5) is 11.8 Å². The van der Waals surface area contributed by atoms with Gasteiger partial charge in [0.25, 0.3) is 0 Å². The van der Waals surface area contributed by atoms with Crippen molar-refractivity contribution < 1.29 is 10.2 Å². The molecule has 0 spiro atoms. The monoisotopic (exact) mass is 373 g/mol. The fraction of sp³-hybridized carbons (Fsp3) is 0.667. The van der Waals surface area contributed by atoms with Crippen molar-refractivity contribution in [1.82, 2.24) is 24.7 Å². The first-order chi connectivity index (χ1) is 13.1. The number of hydrogen-bond donors (Lipinski definition) is 2. The summed E-state index contributed by atoms with van der Waals surface area (Å²) in [4.78, 5) is 13.5. The lowest BCUT2D eigenvalue weighted by atomic mass is 9.93. The number of anilines is 2. The molecule has 2 fully saturated rings. The third-order valence-corrected chi connectivity index (χ3v) is 5.68. The largest absolute Gasteiger partial charge is 0.391 e. The summed E-state index contributed by atoms with van der Waals surface area (Å²) in [6.45, 7) is 3.24. The van der Waals surface area contributed by atoms with E-state index in [1.165, 1.54) is 0 Å². The van der Waals surface area contributed by atoms with Crippen LogP contribution in [0.3, 0.4) is 0 Å². The van der Waals surface area contributed by atoms with Gasteiger partial charge in [0.15, 0.2) is 5.82 Å². The minimum absolute atomic E-state index is 0.0797. The molecule has 0 amide bonds. The Morgan fingerprint density at radius 1 is 1.07 bits per heavy atom. The van der Waals surface area contributed by atoms with Crippen LogP contribution in [0.2, 0.25) is 0 Å². The van der Waals surface area contributed by atoms with Crippen molar-refractivity contribution in [2.45, 2.75) is 38.4 Å². The van der Waals surface area contributed by atoms with Crippen molar-refractivity contribution in [2.24, 2.45) is 13.0 Å². The lowest BCUT2D eigenvalue weighted by molar-refractivity contribution is 0.198. The van der Waals surface area contributed by atoms with Crippen molar-refractivity contribution in [2.75, 3.05) is 36.0 Å². The van der Waals surface area contributed by atoms with Crippen LogP contribution in [0.25, 0.3) is 0 Å². The minimum atomic E-state index is -0.258. The molecule has 0 saturated carbocycles. The van der Waals surface area contributed by atoms with Gasteiger partial charge in [0.1, 0.15) is 18.2 Å². The third kappa shape index (κ3) is 3.89. The van der Waals surface area contributed by atoms with Crippen molar-refractivity contribution >= 4 is 11.8 Å². The number of β-amino-alcohol motifs (C(OH)–C–C–N with tert-alkyl or cyclic N) is 1. The summed E-state index contributed by atoms with van der Waals surface area (Å²) in [5, 5.41) is 27.2. The summed E-state index contributed by atoms with van der Waals surface area (Å²) in [7, 11) is 1.91. The molecule has 2 aliphatic heterocycles. The molecule has 9 heteroatoms. The molecule has 27 heavy (non-hydrogen) atoms. The number of aromatic nitrogens is 5. The SMILES string of the molecule is Cn1c(CO)nnc1CC1CCN(c2nccc(N3CC[C@H](O)C3)n2)CC1. The zero-order chi connectivity index (χ0) is 18.8. The molecule has 4 rings (SSSR count). The molecule has 2 aromatic heterocycles. The molecule has 146 valence electrons. The number of nitrogens with zero attached hydrogens (tertiary/aromatic N) is 7. The van der Waals surface area contributed by atoms with Gasteiger partial charge in [-0.3, -0.25) is 0 Å². The number of aliphatic hydroxyl groups excluding tert-OH is 2. The Morgan fingerprint density at radius 2 is 1.81 bits per heavy atom. The lowest BCUT2D eigenvalue weighted by Crippen LogP contribution is -2.36.